The molecule has 0 aromatic heterocycles. The van der Waals surface area contributed by atoms with Crippen LogP contribution in [-0.4, -0.2) is 42.1 Å². The van der Waals surface area contributed by atoms with E-state index in [-0.39, 0.29) is 36.0 Å². The van der Waals surface area contributed by atoms with Crippen molar-refractivity contribution in [1.82, 2.24) is 0 Å². The Morgan fingerprint density at radius 2 is 1.86 bits per heavy atom. The van der Waals surface area contributed by atoms with Gasteiger partial charge >= 0.3 is 11.9 Å². The van der Waals surface area contributed by atoms with E-state index in [2.05, 4.69) is 17.4 Å². The number of fused-ring (bicyclic) bond motifs is 1. The van der Waals surface area contributed by atoms with Crippen LogP contribution >= 0.6 is 0 Å². The zero-order chi connectivity index (χ0) is 26.7. The van der Waals surface area contributed by atoms with Crippen molar-refractivity contribution in [3.8, 4) is 0 Å². The summed E-state index contributed by atoms with van der Waals surface area (Å²) < 4.78 is 10.7. The summed E-state index contributed by atoms with van der Waals surface area (Å²) in [5.41, 5.74) is 0.876. The van der Waals surface area contributed by atoms with Crippen molar-refractivity contribution >= 4 is 23.8 Å². The Bertz CT molecular complexity index is 1070. The molecule has 0 unspecified atom stereocenters. The van der Waals surface area contributed by atoms with Crippen molar-refractivity contribution in [2.75, 3.05) is 7.11 Å². The number of benzene rings is 1. The van der Waals surface area contributed by atoms with Crippen LogP contribution in [0.1, 0.15) is 58.9 Å². The van der Waals surface area contributed by atoms with Gasteiger partial charge in [-0.25, -0.2) is 4.79 Å². The topological polar surface area (TPSA) is 89.9 Å². The Kier molecular flexibility index (Phi) is 8.40. The van der Waals surface area contributed by atoms with Crippen molar-refractivity contribution in [3.63, 3.8) is 0 Å². The van der Waals surface area contributed by atoms with Gasteiger partial charge in [0.2, 0.25) is 0 Å². The number of allylic oxidation sites excluding steroid dienone is 1. The van der Waals surface area contributed by atoms with Crippen LogP contribution in [0.3, 0.4) is 0 Å². The molecular formula is C30H38O6. The van der Waals surface area contributed by atoms with Crippen LogP contribution in [0, 0.1) is 22.7 Å². The van der Waals surface area contributed by atoms with E-state index in [1.165, 1.54) is 13.2 Å². The number of carbonyl (C=O) groups is 3. The van der Waals surface area contributed by atoms with Gasteiger partial charge in [0.25, 0.3) is 0 Å². The van der Waals surface area contributed by atoms with Crippen LogP contribution in [0.5, 0.6) is 0 Å². The van der Waals surface area contributed by atoms with E-state index in [4.69, 9.17) is 4.74 Å². The maximum atomic E-state index is 13.2. The van der Waals surface area contributed by atoms with E-state index in [9.17, 15) is 19.5 Å². The zero-order valence-electron chi connectivity index (χ0n) is 22.0. The van der Waals surface area contributed by atoms with Crippen molar-refractivity contribution in [2.45, 2.75) is 65.6 Å². The summed E-state index contributed by atoms with van der Waals surface area (Å²) in [7, 11) is 1.28. The third kappa shape index (κ3) is 5.24. The van der Waals surface area contributed by atoms with Crippen molar-refractivity contribution in [3.05, 3.63) is 65.8 Å². The highest BCUT2D eigenvalue weighted by molar-refractivity contribution is 5.99. The van der Waals surface area contributed by atoms with Gasteiger partial charge in [-0.05, 0) is 54.2 Å². The van der Waals surface area contributed by atoms with Gasteiger partial charge < -0.3 is 14.6 Å². The van der Waals surface area contributed by atoms with Crippen LogP contribution in [0.25, 0.3) is 6.08 Å². The van der Waals surface area contributed by atoms with E-state index in [0.717, 1.165) is 24.0 Å². The molecule has 0 spiro atoms. The third-order valence-corrected chi connectivity index (χ3v) is 8.70. The highest BCUT2D eigenvalue weighted by Gasteiger charge is 2.63. The smallest absolute Gasteiger partial charge is 0.331 e. The highest BCUT2D eigenvalue weighted by atomic mass is 16.6. The van der Waals surface area contributed by atoms with Crippen molar-refractivity contribution < 1.29 is 29.0 Å². The number of Topliss-reactive ketones (excluding diaryl/α,β-unsaturated/α-hetero) is 1. The monoisotopic (exact) mass is 494 g/mol. The molecule has 6 heteroatoms. The first-order valence-electron chi connectivity index (χ1n) is 12.5. The van der Waals surface area contributed by atoms with Crippen LogP contribution in [-0.2, 0) is 23.9 Å². The van der Waals surface area contributed by atoms with Gasteiger partial charge in [-0.15, -0.1) is 0 Å². The van der Waals surface area contributed by atoms with Crippen molar-refractivity contribution in [1.29, 1.82) is 0 Å². The number of hydrogen-bond acceptors (Lipinski definition) is 6. The molecule has 3 rings (SSSR count). The minimum atomic E-state index is -0.978. The molecule has 1 aromatic carbocycles. The quantitative estimate of drug-likeness (QED) is 0.308. The van der Waals surface area contributed by atoms with Crippen LogP contribution in [0.15, 0.2) is 60.2 Å². The minimum Gasteiger partial charge on any atom is -0.469 e. The summed E-state index contributed by atoms with van der Waals surface area (Å²) in [6.45, 7) is 11.8. The molecule has 0 bridgehead atoms. The van der Waals surface area contributed by atoms with Gasteiger partial charge in [-0.2, -0.15) is 0 Å². The van der Waals surface area contributed by atoms with Gasteiger partial charge in [0, 0.05) is 17.9 Å². The fourth-order valence-electron chi connectivity index (χ4n) is 6.21. The molecule has 36 heavy (non-hydrogen) atoms. The first-order chi connectivity index (χ1) is 16.9. The van der Waals surface area contributed by atoms with Gasteiger partial charge in [-0.3, -0.25) is 9.59 Å². The number of ether oxygens (including phenoxy) is 2. The Labute approximate surface area is 214 Å². The van der Waals surface area contributed by atoms with Gasteiger partial charge in [0.15, 0.2) is 5.78 Å². The molecule has 2 aliphatic rings. The zero-order valence-corrected chi connectivity index (χ0v) is 22.0. The lowest BCUT2D eigenvalue weighted by Gasteiger charge is -2.61. The fraction of sp³-hybridized carbons (Fsp3) is 0.500. The first-order valence-corrected chi connectivity index (χ1v) is 12.5. The SMILES string of the molecule is C=C(CC(=O)OC)C(=O)C[C@@]1(C)[C@H](C)[C@@H](O)[C@H](OC(=O)/C=C\c2ccccc2)[C@@]2(C)C(C)=CCC[C@H]12. The largest absolute Gasteiger partial charge is 0.469 e. The lowest BCUT2D eigenvalue weighted by atomic mass is 9.45. The molecule has 0 amide bonds. The highest BCUT2D eigenvalue weighted by Crippen LogP contribution is 2.62. The minimum absolute atomic E-state index is 0.0285. The molecule has 194 valence electrons. The second-order valence-electron chi connectivity index (χ2n) is 10.6. The van der Waals surface area contributed by atoms with Crippen LogP contribution in [0.4, 0.5) is 0 Å². The number of aliphatic hydroxyl groups is 1. The summed E-state index contributed by atoms with van der Waals surface area (Å²) >= 11 is 0. The number of ketones is 1. The molecule has 0 radical (unpaired) electrons. The summed E-state index contributed by atoms with van der Waals surface area (Å²) in [5, 5.41) is 11.5. The fourth-order valence-corrected chi connectivity index (χ4v) is 6.21. The normalized spacial score (nSPS) is 31.8. The predicted octanol–water partition coefficient (Wildman–Crippen LogP) is 5.07. The van der Waals surface area contributed by atoms with Crippen LogP contribution in [0.2, 0.25) is 0 Å². The van der Waals surface area contributed by atoms with E-state index in [1.54, 1.807) is 6.08 Å². The number of rotatable bonds is 8. The molecular weight excluding hydrogens is 456 g/mol. The van der Waals surface area contributed by atoms with E-state index >= 15 is 0 Å². The maximum absolute atomic E-state index is 13.2. The summed E-state index contributed by atoms with van der Waals surface area (Å²) in [6.07, 6.45) is 5.11. The molecule has 1 saturated carbocycles. The Hall–Kier alpha value is -2.99. The molecule has 1 fully saturated rings. The third-order valence-electron chi connectivity index (χ3n) is 8.70. The average molecular weight is 495 g/mol. The second kappa shape index (κ2) is 11.0. The predicted molar refractivity (Wildman–Crippen MR) is 139 cm³/mol. The lowest BCUT2D eigenvalue weighted by Crippen LogP contribution is -2.64. The van der Waals surface area contributed by atoms with E-state index in [0.29, 0.717) is 0 Å². The second-order valence-corrected chi connectivity index (χ2v) is 10.6. The standard InChI is InChI=1S/C30H38O6/c1-19(17-26(33)35-6)23(31)18-29(4)21(3)27(34)28(30(5)20(2)11-10-14-24(29)30)36-25(32)16-15-22-12-8-7-9-13-22/h7-9,11-13,15-16,21,24,27-28,34H,1,10,14,17-18H2,2-6H3/b16-15-/t21-,24-,27-,28+,29+,30+/m1/s1. The number of methoxy groups -OCH3 is 1. The molecule has 2 aliphatic carbocycles. The lowest BCUT2D eigenvalue weighted by molar-refractivity contribution is -0.209. The molecule has 6 atom stereocenters. The maximum Gasteiger partial charge on any atom is 0.331 e. The summed E-state index contributed by atoms with van der Waals surface area (Å²) in [5.74, 6) is -1.60. The van der Waals surface area contributed by atoms with Gasteiger partial charge in [-0.1, -0.05) is 69.3 Å². The molecule has 0 aliphatic heterocycles. The Morgan fingerprint density at radius 3 is 2.50 bits per heavy atom. The summed E-state index contributed by atoms with van der Waals surface area (Å²) in [6, 6.07) is 9.47. The Balaban J connectivity index is 1.89. The molecule has 0 heterocycles. The van der Waals surface area contributed by atoms with Crippen molar-refractivity contribution in [2.24, 2.45) is 22.7 Å². The number of carbonyl (C=O) groups excluding carboxylic acids is 3. The van der Waals surface area contributed by atoms with E-state index < -0.39 is 35.0 Å². The molecule has 6 nitrogen and oxygen atoms in total. The number of aliphatic hydroxyl groups excluding tert-OH is 1. The number of hydrogen-bond donors (Lipinski definition) is 1. The van der Waals surface area contributed by atoms with Gasteiger partial charge in [0.05, 0.1) is 19.6 Å². The number of esters is 2. The summed E-state index contributed by atoms with van der Waals surface area (Å²) in [4.78, 5) is 37.7. The Morgan fingerprint density at radius 1 is 1.19 bits per heavy atom. The molecule has 1 aromatic rings. The molecule has 1 N–H and O–H groups in total. The first kappa shape index (κ1) is 27.6. The molecule has 0 saturated heterocycles. The van der Waals surface area contributed by atoms with E-state index in [1.807, 2.05) is 58.0 Å². The average Bonchev–Trinajstić information content (AvgIpc) is 2.86. The van der Waals surface area contributed by atoms with Gasteiger partial charge in [0.1, 0.15) is 6.10 Å². The van der Waals surface area contributed by atoms with Crippen LogP contribution < -0.4 is 0 Å².